The van der Waals surface area contributed by atoms with Crippen LogP contribution in [0.3, 0.4) is 0 Å². The molecule has 0 aliphatic rings. The third-order valence-electron chi connectivity index (χ3n) is 3.76. The maximum Gasteiger partial charge on any atom is 0.123 e. The van der Waals surface area contributed by atoms with E-state index in [-0.39, 0.29) is 18.1 Å². The fraction of sp³-hybridized carbons (Fsp3) is 0.647. The summed E-state index contributed by atoms with van der Waals surface area (Å²) in [7, 11) is 1.71. The molecule has 0 radical (unpaired) electrons. The zero-order chi connectivity index (χ0) is 15.2. The van der Waals surface area contributed by atoms with Gasteiger partial charge in [0, 0.05) is 18.2 Å². The second-order valence-corrected chi connectivity index (χ2v) is 6.35. The Morgan fingerprint density at radius 2 is 2.05 bits per heavy atom. The molecule has 0 amide bonds. The first-order valence-corrected chi connectivity index (χ1v) is 7.38. The number of methoxy groups -OCH3 is 1. The molecule has 0 aliphatic heterocycles. The molecule has 0 saturated heterocycles. The summed E-state index contributed by atoms with van der Waals surface area (Å²) in [6.45, 7) is 9.64. The lowest BCUT2D eigenvalue weighted by atomic mass is 9.89. The Labute approximate surface area is 123 Å². The van der Waals surface area contributed by atoms with E-state index in [1.807, 2.05) is 6.07 Å². The molecule has 0 heterocycles. The molecule has 3 nitrogen and oxygen atoms in total. The van der Waals surface area contributed by atoms with Crippen LogP contribution in [0, 0.1) is 12.3 Å². The van der Waals surface area contributed by atoms with E-state index in [0.29, 0.717) is 0 Å². The van der Waals surface area contributed by atoms with Gasteiger partial charge in [0.1, 0.15) is 5.75 Å². The maximum atomic E-state index is 9.24. The lowest BCUT2D eigenvalue weighted by Gasteiger charge is -2.22. The van der Waals surface area contributed by atoms with Crippen LogP contribution < -0.4 is 10.1 Å². The van der Waals surface area contributed by atoms with Crippen molar-refractivity contribution in [2.75, 3.05) is 20.3 Å². The molecule has 0 spiro atoms. The third kappa shape index (κ3) is 5.14. The minimum Gasteiger partial charge on any atom is -0.496 e. The van der Waals surface area contributed by atoms with E-state index in [4.69, 9.17) is 4.74 Å². The van der Waals surface area contributed by atoms with Gasteiger partial charge in [-0.25, -0.2) is 0 Å². The number of aryl methyl sites for hydroxylation is 1. The summed E-state index contributed by atoms with van der Waals surface area (Å²) in [5, 5.41) is 12.8. The topological polar surface area (TPSA) is 41.5 Å². The van der Waals surface area contributed by atoms with Crippen LogP contribution in [0.25, 0.3) is 0 Å². The highest BCUT2D eigenvalue weighted by Crippen LogP contribution is 2.26. The molecule has 1 aromatic rings. The molecule has 114 valence electrons. The fourth-order valence-electron chi connectivity index (χ4n) is 2.27. The Kier molecular flexibility index (Phi) is 6.50. The van der Waals surface area contributed by atoms with Crippen molar-refractivity contribution in [3.63, 3.8) is 0 Å². The first-order chi connectivity index (χ1) is 9.39. The minimum atomic E-state index is 0.0198. The van der Waals surface area contributed by atoms with Gasteiger partial charge in [0.25, 0.3) is 0 Å². The van der Waals surface area contributed by atoms with E-state index in [1.54, 1.807) is 7.11 Å². The van der Waals surface area contributed by atoms with Crippen LogP contribution in [0.1, 0.15) is 50.8 Å². The van der Waals surface area contributed by atoms with Gasteiger partial charge >= 0.3 is 0 Å². The smallest absolute Gasteiger partial charge is 0.123 e. The Morgan fingerprint density at radius 1 is 1.35 bits per heavy atom. The second kappa shape index (κ2) is 7.65. The van der Waals surface area contributed by atoms with Crippen LogP contribution in [0.5, 0.6) is 5.75 Å². The van der Waals surface area contributed by atoms with E-state index >= 15 is 0 Å². The molecule has 0 aliphatic carbocycles. The zero-order valence-electron chi connectivity index (χ0n) is 13.5. The molecule has 1 atom stereocenters. The SMILES string of the molecule is COc1ccc(C)cc1C(C)NCCCC(C)(C)CO. The molecule has 1 aromatic carbocycles. The summed E-state index contributed by atoms with van der Waals surface area (Å²) in [4.78, 5) is 0. The van der Waals surface area contributed by atoms with Crippen molar-refractivity contribution in [1.29, 1.82) is 0 Å². The molecule has 3 heteroatoms. The van der Waals surface area contributed by atoms with E-state index in [1.165, 1.54) is 11.1 Å². The van der Waals surface area contributed by atoms with Gasteiger partial charge in [0.2, 0.25) is 0 Å². The number of ether oxygens (including phenoxy) is 1. The summed E-state index contributed by atoms with van der Waals surface area (Å²) in [5.74, 6) is 0.936. The van der Waals surface area contributed by atoms with Gasteiger partial charge in [0.15, 0.2) is 0 Å². The van der Waals surface area contributed by atoms with Gasteiger partial charge in [-0.15, -0.1) is 0 Å². The lowest BCUT2D eigenvalue weighted by Crippen LogP contribution is -2.23. The molecule has 1 unspecified atom stereocenters. The first kappa shape index (κ1) is 17.0. The third-order valence-corrected chi connectivity index (χ3v) is 3.76. The van der Waals surface area contributed by atoms with E-state index in [0.717, 1.165) is 25.1 Å². The molecule has 2 N–H and O–H groups in total. The number of aliphatic hydroxyl groups is 1. The highest BCUT2D eigenvalue weighted by atomic mass is 16.5. The monoisotopic (exact) mass is 279 g/mol. The number of aliphatic hydroxyl groups excluding tert-OH is 1. The van der Waals surface area contributed by atoms with Crippen molar-refractivity contribution in [3.8, 4) is 5.75 Å². The largest absolute Gasteiger partial charge is 0.496 e. The normalized spacial score (nSPS) is 13.3. The van der Waals surface area contributed by atoms with Crippen LogP contribution in [-0.2, 0) is 0 Å². The summed E-state index contributed by atoms with van der Waals surface area (Å²) in [5.41, 5.74) is 2.47. The van der Waals surface area contributed by atoms with Crippen molar-refractivity contribution >= 4 is 0 Å². The van der Waals surface area contributed by atoms with Crippen molar-refractivity contribution in [3.05, 3.63) is 29.3 Å². The van der Waals surface area contributed by atoms with E-state index < -0.39 is 0 Å². The standard InChI is InChI=1S/C17H29NO2/c1-13-7-8-16(20-5)15(11-13)14(2)18-10-6-9-17(3,4)12-19/h7-8,11,14,18-19H,6,9-10,12H2,1-5H3. The quantitative estimate of drug-likeness (QED) is 0.716. The van der Waals surface area contributed by atoms with Gasteiger partial charge in [-0.3, -0.25) is 0 Å². The average Bonchev–Trinajstić information content (AvgIpc) is 2.43. The van der Waals surface area contributed by atoms with Crippen molar-refractivity contribution in [2.24, 2.45) is 5.41 Å². The summed E-state index contributed by atoms with van der Waals surface area (Å²) < 4.78 is 5.43. The average molecular weight is 279 g/mol. The van der Waals surface area contributed by atoms with Gasteiger partial charge in [-0.05, 0) is 44.7 Å². The molecule has 0 fully saturated rings. The van der Waals surface area contributed by atoms with Crippen molar-refractivity contribution in [1.82, 2.24) is 5.32 Å². The van der Waals surface area contributed by atoms with Gasteiger partial charge in [0.05, 0.1) is 7.11 Å². The number of rotatable bonds is 8. The van der Waals surface area contributed by atoms with Crippen LogP contribution >= 0.6 is 0 Å². The number of hydrogen-bond acceptors (Lipinski definition) is 3. The Balaban J connectivity index is 2.51. The minimum absolute atomic E-state index is 0.0198. The highest BCUT2D eigenvalue weighted by molar-refractivity contribution is 5.38. The van der Waals surface area contributed by atoms with E-state index in [2.05, 4.69) is 45.1 Å². The van der Waals surface area contributed by atoms with Crippen LogP contribution in [-0.4, -0.2) is 25.4 Å². The fourth-order valence-corrected chi connectivity index (χ4v) is 2.27. The highest BCUT2D eigenvalue weighted by Gasteiger charge is 2.16. The Morgan fingerprint density at radius 3 is 2.65 bits per heavy atom. The predicted molar refractivity (Wildman–Crippen MR) is 84.2 cm³/mol. The molecule has 0 saturated carbocycles. The Hall–Kier alpha value is -1.06. The van der Waals surface area contributed by atoms with Crippen molar-refractivity contribution in [2.45, 2.75) is 46.6 Å². The second-order valence-electron chi connectivity index (χ2n) is 6.35. The summed E-state index contributed by atoms with van der Waals surface area (Å²) >= 11 is 0. The zero-order valence-corrected chi connectivity index (χ0v) is 13.5. The first-order valence-electron chi connectivity index (χ1n) is 7.38. The van der Waals surface area contributed by atoms with Gasteiger partial charge < -0.3 is 15.2 Å². The van der Waals surface area contributed by atoms with Gasteiger partial charge in [-0.1, -0.05) is 31.5 Å². The molecular formula is C17H29NO2. The van der Waals surface area contributed by atoms with Crippen molar-refractivity contribution < 1.29 is 9.84 Å². The predicted octanol–water partition coefficient (Wildman–Crippen LogP) is 3.45. The summed E-state index contributed by atoms with van der Waals surface area (Å²) in [6, 6.07) is 6.53. The van der Waals surface area contributed by atoms with Crippen LogP contribution in [0.2, 0.25) is 0 Å². The Bertz CT molecular complexity index is 415. The number of nitrogens with one attached hydrogen (secondary N) is 1. The number of hydrogen-bond donors (Lipinski definition) is 2. The summed E-state index contributed by atoms with van der Waals surface area (Å²) in [6.07, 6.45) is 2.08. The lowest BCUT2D eigenvalue weighted by molar-refractivity contribution is 0.147. The van der Waals surface area contributed by atoms with Crippen LogP contribution in [0.15, 0.2) is 18.2 Å². The molecule has 1 rings (SSSR count). The van der Waals surface area contributed by atoms with Gasteiger partial charge in [-0.2, -0.15) is 0 Å². The maximum absolute atomic E-state index is 9.24. The van der Waals surface area contributed by atoms with E-state index in [9.17, 15) is 5.11 Å². The molecular weight excluding hydrogens is 250 g/mol. The molecule has 20 heavy (non-hydrogen) atoms. The number of benzene rings is 1. The molecule has 0 aromatic heterocycles. The molecule has 0 bridgehead atoms. The van der Waals surface area contributed by atoms with Crippen LogP contribution in [0.4, 0.5) is 0 Å².